The largest absolute Gasteiger partial charge is 0.397 e. The highest BCUT2D eigenvalue weighted by molar-refractivity contribution is 6.32. The molecule has 5 aliphatic rings. The number of amides is 1. The molecule has 0 aromatic heterocycles. The number of ether oxygens (including phenoxy) is 2. The minimum Gasteiger partial charge on any atom is -0.397 e. The van der Waals surface area contributed by atoms with Gasteiger partial charge in [0.25, 0.3) is 0 Å². The second kappa shape index (κ2) is 8.22. The lowest BCUT2D eigenvalue weighted by Gasteiger charge is -2.34. The normalized spacial score (nSPS) is 37.7. The van der Waals surface area contributed by atoms with Gasteiger partial charge in [0.15, 0.2) is 0 Å². The van der Waals surface area contributed by atoms with Crippen molar-refractivity contribution in [2.45, 2.75) is 31.8 Å². The fraction of sp³-hybridized carbons (Fsp3) is 0.773. The molecule has 7 heteroatoms. The molecule has 1 saturated carbocycles. The van der Waals surface area contributed by atoms with Crippen molar-refractivity contribution in [3.63, 3.8) is 0 Å². The zero-order chi connectivity index (χ0) is 20.0. The molecule has 29 heavy (non-hydrogen) atoms. The summed E-state index contributed by atoms with van der Waals surface area (Å²) >= 11 is 6.30. The predicted octanol–water partition coefficient (Wildman–Crippen LogP) is 1.85. The average Bonchev–Trinajstić information content (AvgIpc) is 3.20. The molecule has 0 aromatic rings. The molecule has 3 saturated heterocycles. The number of nitrogens with two attached hydrogens (primary N) is 1. The van der Waals surface area contributed by atoms with Crippen LogP contribution >= 0.6 is 11.6 Å². The smallest absolute Gasteiger partial charge is 0.229 e. The number of nitrogens with zero attached hydrogens (tertiary/aromatic N) is 1. The van der Waals surface area contributed by atoms with Crippen LogP contribution in [0.15, 0.2) is 22.4 Å². The van der Waals surface area contributed by atoms with Crippen molar-refractivity contribution >= 4 is 17.5 Å². The summed E-state index contributed by atoms with van der Waals surface area (Å²) in [5.41, 5.74) is 7.72. The third-order valence-corrected chi connectivity index (χ3v) is 7.94. The first-order valence-electron chi connectivity index (χ1n) is 11.2. The number of likely N-dealkylation sites (tertiary alicyclic amines) is 1. The minimum absolute atomic E-state index is 0.0177. The van der Waals surface area contributed by atoms with Gasteiger partial charge in [0.1, 0.15) is 0 Å². The second-order valence-corrected chi connectivity index (χ2v) is 9.79. The molecule has 0 radical (unpaired) electrons. The number of carbonyl (C=O) groups excluding carboxylic acids is 1. The molecule has 5 rings (SSSR count). The first-order valence-corrected chi connectivity index (χ1v) is 11.5. The number of piperidine rings is 1. The zero-order valence-electron chi connectivity index (χ0n) is 16.9. The van der Waals surface area contributed by atoms with Gasteiger partial charge in [-0.1, -0.05) is 11.6 Å². The van der Waals surface area contributed by atoms with Crippen molar-refractivity contribution in [3.05, 3.63) is 22.4 Å². The van der Waals surface area contributed by atoms with Gasteiger partial charge in [-0.05, 0) is 61.0 Å². The van der Waals surface area contributed by atoms with Crippen LogP contribution in [-0.4, -0.2) is 62.9 Å². The van der Waals surface area contributed by atoms with Crippen LogP contribution in [0.1, 0.15) is 25.7 Å². The summed E-state index contributed by atoms with van der Waals surface area (Å²) < 4.78 is 11.4. The van der Waals surface area contributed by atoms with Crippen LogP contribution in [0.25, 0.3) is 0 Å². The summed E-state index contributed by atoms with van der Waals surface area (Å²) in [6, 6.07) is 0. The summed E-state index contributed by atoms with van der Waals surface area (Å²) in [6.07, 6.45) is 5.72. The maximum absolute atomic E-state index is 12.9. The Balaban J connectivity index is 1.10. The van der Waals surface area contributed by atoms with E-state index in [0.29, 0.717) is 23.3 Å². The molecule has 3 N–H and O–H groups in total. The number of allylic oxidation sites excluding steroid dienone is 1. The molecule has 0 aromatic carbocycles. The molecule has 4 atom stereocenters. The maximum atomic E-state index is 12.9. The molecule has 0 spiro atoms. The van der Waals surface area contributed by atoms with Gasteiger partial charge in [-0.25, -0.2) is 0 Å². The lowest BCUT2D eigenvalue weighted by atomic mass is 9.84. The topological polar surface area (TPSA) is 76.8 Å². The van der Waals surface area contributed by atoms with E-state index in [-0.39, 0.29) is 17.9 Å². The van der Waals surface area contributed by atoms with E-state index < -0.39 is 0 Å². The van der Waals surface area contributed by atoms with E-state index in [1.165, 1.54) is 32.5 Å². The number of carbonyl (C=O) groups is 1. The van der Waals surface area contributed by atoms with E-state index in [2.05, 4.69) is 10.2 Å². The molecular weight excluding hydrogens is 390 g/mol. The molecule has 2 aliphatic carbocycles. The monoisotopic (exact) mass is 421 g/mol. The number of hydrogen-bond acceptors (Lipinski definition) is 5. The highest BCUT2D eigenvalue weighted by atomic mass is 35.5. The van der Waals surface area contributed by atoms with Crippen LogP contribution in [-0.2, 0) is 14.3 Å². The van der Waals surface area contributed by atoms with Crippen LogP contribution in [0.5, 0.6) is 0 Å². The molecular formula is C22H32ClN3O3. The molecule has 1 amide bonds. The molecule has 6 nitrogen and oxygen atoms in total. The second-order valence-electron chi connectivity index (χ2n) is 9.39. The quantitative estimate of drug-likeness (QED) is 0.708. The molecule has 4 fully saturated rings. The van der Waals surface area contributed by atoms with Crippen LogP contribution < -0.4 is 11.1 Å². The van der Waals surface area contributed by atoms with E-state index in [0.717, 1.165) is 55.9 Å². The molecule has 3 heterocycles. The highest BCUT2D eigenvalue weighted by Crippen LogP contribution is 2.51. The molecule has 160 valence electrons. The Morgan fingerprint density at radius 2 is 2.00 bits per heavy atom. The summed E-state index contributed by atoms with van der Waals surface area (Å²) in [5.74, 6) is 2.57. The summed E-state index contributed by atoms with van der Waals surface area (Å²) in [6.45, 7) is 6.88. The van der Waals surface area contributed by atoms with Crippen molar-refractivity contribution in [1.29, 1.82) is 0 Å². The Bertz CT molecular complexity index is 706. The molecule has 0 bridgehead atoms. The summed E-state index contributed by atoms with van der Waals surface area (Å²) in [4.78, 5) is 15.5. The predicted molar refractivity (Wildman–Crippen MR) is 111 cm³/mol. The average molecular weight is 422 g/mol. The number of nitrogens with one attached hydrogen (secondary N) is 1. The van der Waals surface area contributed by atoms with E-state index in [9.17, 15) is 4.79 Å². The van der Waals surface area contributed by atoms with Gasteiger partial charge in [-0.3, -0.25) is 4.79 Å². The van der Waals surface area contributed by atoms with E-state index in [1.807, 2.05) is 0 Å². The van der Waals surface area contributed by atoms with E-state index in [4.69, 9.17) is 26.8 Å². The molecule has 4 unspecified atom stereocenters. The van der Waals surface area contributed by atoms with Gasteiger partial charge >= 0.3 is 0 Å². The standard InChI is InChI=1S/C22H32ClN3O3/c23-19-8-15(21-14(20(19)24)2-1-5-29-21)22(27)25-9-16-17-11-26(12-18(16)17)10-13-3-6-28-7-4-13/h8,13,15-18,21H,1-7,9-12,24H2,(H,25,27). The van der Waals surface area contributed by atoms with Crippen molar-refractivity contribution < 1.29 is 14.3 Å². The van der Waals surface area contributed by atoms with Crippen molar-refractivity contribution in [2.24, 2.45) is 35.3 Å². The number of rotatable bonds is 5. The van der Waals surface area contributed by atoms with Gasteiger partial charge in [0.05, 0.1) is 22.8 Å². The van der Waals surface area contributed by atoms with Gasteiger partial charge < -0.3 is 25.4 Å². The zero-order valence-corrected chi connectivity index (χ0v) is 17.7. The highest BCUT2D eigenvalue weighted by Gasteiger charge is 2.55. The third kappa shape index (κ3) is 3.97. The summed E-state index contributed by atoms with van der Waals surface area (Å²) in [7, 11) is 0. The van der Waals surface area contributed by atoms with Gasteiger partial charge in [-0.15, -0.1) is 0 Å². The summed E-state index contributed by atoms with van der Waals surface area (Å²) in [5, 5.41) is 3.68. The Hall–Kier alpha value is -1.08. The van der Waals surface area contributed by atoms with Crippen LogP contribution in [0.2, 0.25) is 0 Å². The van der Waals surface area contributed by atoms with Crippen molar-refractivity contribution in [2.75, 3.05) is 46.0 Å². The Labute approximate surface area is 177 Å². The Morgan fingerprint density at radius 3 is 2.76 bits per heavy atom. The van der Waals surface area contributed by atoms with Gasteiger partial charge in [0.2, 0.25) is 5.91 Å². The number of hydrogen-bond donors (Lipinski definition) is 2. The lowest BCUT2D eigenvalue weighted by Crippen LogP contribution is -2.44. The third-order valence-electron chi connectivity index (χ3n) is 7.61. The SMILES string of the molecule is NC1=C2CCCOC2C(C(=O)NCC2C3CN(CC4CCOCC4)CC23)C=C1Cl. The Kier molecular flexibility index (Phi) is 5.63. The van der Waals surface area contributed by atoms with Gasteiger partial charge in [-0.2, -0.15) is 0 Å². The Morgan fingerprint density at radius 1 is 1.24 bits per heavy atom. The van der Waals surface area contributed by atoms with Crippen LogP contribution in [0, 0.1) is 29.6 Å². The molecule has 3 aliphatic heterocycles. The van der Waals surface area contributed by atoms with Gasteiger partial charge in [0, 0.05) is 46.0 Å². The fourth-order valence-corrected chi connectivity index (χ4v) is 6.10. The first-order chi connectivity index (χ1) is 14.1. The first kappa shape index (κ1) is 19.9. The number of fused-ring (bicyclic) bond motifs is 2. The minimum atomic E-state index is -0.367. The number of halogens is 1. The van der Waals surface area contributed by atoms with Crippen molar-refractivity contribution in [1.82, 2.24) is 10.2 Å². The maximum Gasteiger partial charge on any atom is 0.229 e. The fourth-order valence-electron chi connectivity index (χ4n) is 5.84. The lowest BCUT2D eigenvalue weighted by molar-refractivity contribution is -0.127. The van der Waals surface area contributed by atoms with Crippen molar-refractivity contribution in [3.8, 4) is 0 Å². The van der Waals surface area contributed by atoms with E-state index in [1.54, 1.807) is 6.08 Å². The van der Waals surface area contributed by atoms with Crippen LogP contribution in [0.3, 0.4) is 0 Å². The van der Waals surface area contributed by atoms with Crippen LogP contribution in [0.4, 0.5) is 0 Å². The van der Waals surface area contributed by atoms with E-state index >= 15 is 0 Å².